The predicted molar refractivity (Wildman–Crippen MR) is 166 cm³/mol. The van der Waals surface area contributed by atoms with Gasteiger partial charge in [0, 0.05) is 28.2 Å². The van der Waals surface area contributed by atoms with Gasteiger partial charge in [-0.3, -0.25) is 13.9 Å². The Kier molecular flexibility index (Phi) is 11.1. The maximum absolute atomic E-state index is 14.1. The van der Waals surface area contributed by atoms with E-state index in [1.807, 2.05) is 20.8 Å². The van der Waals surface area contributed by atoms with E-state index in [-0.39, 0.29) is 29.0 Å². The summed E-state index contributed by atoms with van der Waals surface area (Å²) in [5.41, 5.74) is 2.19. The van der Waals surface area contributed by atoms with Crippen LogP contribution in [0.1, 0.15) is 37.5 Å². The molecule has 0 aliphatic heterocycles. The molecule has 7 nitrogen and oxygen atoms in total. The second-order valence-electron chi connectivity index (χ2n) is 10.3. The third kappa shape index (κ3) is 8.16. The van der Waals surface area contributed by atoms with Crippen molar-refractivity contribution in [2.45, 2.75) is 52.1 Å². The molecular weight excluding hydrogens is 605 g/mol. The van der Waals surface area contributed by atoms with E-state index in [1.165, 1.54) is 17.0 Å². The van der Waals surface area contributed by atoms with E-state index in [0.29, 0.717) is 32.7 Å². The minimum absolute atomic E-state index is 0.0188. The predicted octanol–water partition coefficient (Wildman–Crippen LogP) is 6.65. The van der Waals surface area contributed by atoms with Crippen LogP contribution in [0.25, 0.3) is 0 Å². The van der Waals surface area contributed by atoms with E-state index in [2.05, 4.69) is 5.32 Å². The zero-order chi connectivity index (χ0) is 30.5. The standard InChI is InChI=1S/C30H34Cl3N3O4S/c1-19(2)16-34-30(38)22(5)35(17-23-11-12-24(31)15-27(23)33)29(37)18-36(28-8-6-7-26(32)21(28)4)41(39,40)25-13-9-20(3)10-14-25/h6-15,19,22H,16-18H2,1-5H3,(H,34,38)/t22-/m0/s1. The van der Waals surface area contributed by atoms with Crippen LogP contribution in [0.2, 0.25) is 15.1 Å². The molecule has 0 spiro atoms. The molecular formula is C30H34Cl3N3O4S. The summed E-state index contributed by atoms with van der Waals surface area (Å²) < 4.78 is 29.0. The van der Waals surface area contributed by atoms with Crippen molar-refractivity contribution in [1.82, 2.24) is 10.2 Å². The Morgan fingerprint density at radius 3 is 2.17 bits per heavy atom. The molecule has 0 bridgehead atoms. The Morgan fingerprint density at radius 2 is 1.56 bits per heavy atom. The molecule has 1 atom stereocenters. The van der Waals surface area contributed by atoms with Crippen LogP contribution in [-0.2, 0) is 26.2 Å². The lowest BCUT2D eigenvalue weighted by molar-refractivity contribution is -0.139. The van der Waals surface area contributed by atoms with Gasteiger partial charge in [-0.1, -0.05) is 78.5 Å². The second kappa shape index (κ2) is 13.9. The highest BCUT2D eigenvalue weighted by molar-refractivity contribution is 7.92. The van der Waals surface area contributed by atoms with Crippen LogP contribution >= 0.6 is 34.8 Å². The fraction of sp³-hybridized carbons (Fsp3) is 0.333. The van der Waals surface area contributed by atoms with Crippen molar-refractivity contribution in [3.63, 3.8) is 0 Å². The fourth-order valence-corrected chi connectivity index (χ4v) is 6.19. The van der Waals surface area contributed by atoms with Crippen molar-refractivity contribution in [3.8, 4) is 0 Å². The summed E-state index contributed by atoms with van der Waals surface area (Å²) in [5, 5.41) is 3.95. The molecule has 0 saturated carbocycles. The summed E-state index contributed by atoms with van der Waals surface area (Å²) in [5.74, 6) is -0.774. The molecule has 41 heavy (non-hydrogen) atoms. The van der Waals surface area contributed by atoms with Crippen LogP contribution in [0.3, 0.4) is 0 Å². The summed E-state index contributed by atoms with van der Waals surface area (Å²) in [4.78, 5) is 28.5. The number of benzene rings is 3. The molecule has 0 radical (unpaired) electrons. The van der Waals surface area contributed by atoms with Crippen molar-refractivity contribution in [2.24, 2.45) is 5.92 Å². The Hall–Kier alpha value is -2.78. The number of carbonyl (C=O) groups is 2. The van der Waals surface area contributed by atoms with Gasteiger partial charge in [0.2, 0.25) is 11.8 Å². The number of amides is 2. The topological polar surface area (TPSA) is 86.8 Å². The quantitative estimate of drug-likeness (QED) is 0.255. The van der Waals surface area contributed by atoms with Gasteiger partial charge >= 0.3 is 0 Å². The Balaban J connectivity index is 2.08. The van der Waals surface area contributed by atoms with Crippen molar-refractivity contribution in [2.75, 3.05) is 17.4 Å². The smallest absolute Gasteiger partial charge is 0.264 e. The largest absolute Gasteiger partial charge is 0.354 e. The lowest BCUT2D eigenvalue weighted by Gasteiger charge is -2.32. The Labute approximate surface area is 257 Å². The molecule has 0 aromatic heterocycles. The molecule has 0 saturated heterocycles. The van der Waals surface area contributed by atoms with E-state index in [1.54, 1.807) is 62.4 Å². The summed E-state index contributed by atoms with van der Waals surface area (Å²) in [7, 11) is -4.21. The van der Waals surface area contributed by atoms with Crippen molar-refractivity contribution in [1.29, 1.82) is 0 Å². The van der Waals surface area contributed by atoms with Crippen LogP contribution in [0.5, 0.6) is 0 Å². The highest BCUT2D eigenvalue weighted by atomic mass is 35.5. The van der Waals surface area contributed by atoms with Crippen LogP contribution in [0.4, 0.5) is 5.69 Å². The number of carbonyl (C=O) groups excluding carboxylic acids is 2. The van der Waals surface area contributed by atoms with Crippen LogP contribution < -0.4 is 9.62 Å². The number of nitrogens with zero attached hydrogens (tertiary/aromatic N) is 2. The van der Waals surface area contributed by atoms with E-state index < -0.39 is 28.5 Å². The molecule has 11 heteroatoms. The highest BCUT2D eigenvalue weighted by Gasteiger charge is 2.33. The zero-order valence-electron chi connectivity index (χ0n) is 23.6. The number of hydrogen-bond acceptors (Lipinski definition) is 4. The maximum Gasteiger partial charge on any atom is 0.264 e. The number of aryl methyl sites for hydroxylation is 1. The average Bonchev–Trinajstić information content (AvgIpc) is 2.91. The first-order chi connectivity index (χ1) is 19.2. The third-order valence-electron chi connectivity index (χ3n) is 6.60. The number of halogens is 3. The Morgan fingerprint density at radius 1 is 0.902 bits per heavy atom. The SMILES string of the molecule is Cc1ccc(S(=O)(=O)N(CC(=O)N(Cc2ccc(Cl)cc2Cl)[C@@H](C)C(=O)NCC(C)C)c2cccc(Cl)c2C)cc1. The second-order valence-corrected chi connectivity index (χ2v) is 13.4. The van der Waals surface area contributed by atoms with Gasteiger partial charge in [-0.25, -0.2) is 8.42 Å². The lowest BCUT2D eigenvalue weighted by atomic mass is 10.1. The normalized spacial score (nSPS) is 12.2. The van der Waals surface area contributed by atoms with E-state index >= 15 is 0 Å². The van der Waals surface area contributed by atoms with Crippen molar-refractivity contribution in [3.05, 3.63) is 92.4 Å². The summed E-state index contributed by atoms with van der Waals surface area (Å²) >= 11 is 18.9. The molecule has 220 valence electrons. The fourth-order valence-electron chi connectivity index (χ4n) is 4.09. The van der Waals surface area contributed by atoms with Gasteiger partial charge in [-0.2, -0.15) is 0 Å². The van der Waals surface area contributed by atoms with Gasteiger partial charge < -0.3 is 10.2 Å². The third-order valence-corrected chi connectivity index (χ3v) is 9.37. The summed E-state index contributed by atoms with van der Waals surface area (Å²) in [6, 6.07) is 15.2. The Bertz CT molecular complexity index is 1510. The number of rotatable bonds is 11. The van der Waals surface area contributed by atoms with Crippen LogP contribution in [0.15, 0.2) is 65.6 Å². The molecule has 0 aliphatic rings. The molecule has 0 heterocycles. The average molecular weight is 639 g/mol. The van der Waals surface area contributed by atoms with Gasteiger partial charge in [-0.15, -0.1) is 0 Å². The highest BCUT2D eigenvalue weighted by Crippen LogP contribution is 2.31. The van der Waals surface area contributed by atoms with Gasteiger partial charge in [-0.05, 0) is 74.2 Å². The number of sulfonamides is 1. The maximum atomic E-state index is 14.1. The van der Waals surface area contributed by atoms with Crippen LogP contribution in [-0.4, -0.2) is 44.3 Å². The van der Waals surface area contributed by atoms with E-state index in [0.717, 1.165) is 9.87 Å². The van der Waals surface area contributed by atoms with E-state index in [9.17, 15) is 18.0 Å². The molecule has 0 aliphatic carbocycles. The first kappa shape index (κ1) is 32.7. The lowest BCUT2D eigenvalue weighted by Crippen LogP contribution is -2.51. The zero-order valence-corrected chi connectivity index (χ0v) is 26.7. The van der Waals surface area contributed by atoms with Gasteiger partial charge in [0.05, 0.1) is 10.6 Å². The monoisotopic (exact) mass is 637 g/mol. The first-order valence-corrected chi connectivity index (χ1v) is 15.7. The molecule has 3 rings (SSSR count). The van der Waals surface area contributed by atoms with Gasteiger partial charge in [0.15, 0.2) is 0 Å². The molecule has 0 unspecified atom stereocenters. The van der Waals surface area contributed by atoms with Gasteiger partial charge in [0.25, 0.3) is 10.0 Å². The molecule has 2 amide bonds. The first-order valence-electron chi connectivity index (χ1n) is 13.1. The minimum atomic E-state index is -4.21. The van der Waals surface area contributed by atoms with Crippen molar-refractivity contribution >= 4 is 62.3 Å². The minimum Gasteiger partial charge on any atom is -0.354 e. The van der Waals surface area contributed by atoms with Crippen molar-refractivity contribution < 1.29 is 18.0 Å². The molecule has 0 fully saturated rings. The van der Waals surface area contributed by atoms with E-state index in [4.69, 9.17) is 34.8 Å². The molecule has 1 N–H and O–H groups in total. The summed E-state index contributed by atoms with van der Waals surface area (Å²) in [6.45, 7) is 8.86. The summed E-state index contributed by atoms with van der Waals surface area (Å²) in [6.07, 6.45) is 0. The number of anilines is 1. The molecule has 3 aromatic carbocycles. The number of hydrogen-bond donors (Lipinski definition) is 1. The number of nitrogens with one attached hydrogen (secondary N) is 1. The van der Waals surface area contributed by atoms with Crippen LogP contribution in [0, 0.1) is 19.8 Å². The van der Waals surface area contributed by atoms with Gasteiger partial charge in [0.1, 0.15) is 12.6 Å². The molecule has 3 aromatic rings.